The number of thiazole rings is 1. The SMILES string of the molecule is COCc1nc(OC2CCNC2)cs1. The van der Waals surface area contributed by atoms with Gasteiger partial charge in [0.1, 0.15) is 11.1 Å². The highest BCUT2D eigenvalue weighted by Gasteiger charge is 2.16. The van der Waals surface area contributed by atoms with E-state index in [0.29, 0.717) is 6.61 Å². The van der Waals surface area contributed by atoms with Crippen LogP contribution in [0.15, 0.2) is 5.38 Å². The first kappa shape index (κ1) is 9.89. The average Bonchev–Trinajstić information content (AvgIpc) is 2.79. The Bertz CT molecular complexity index is 284. The first-order valence-electron chi connectivity index (χ1n) is 4.69. The molecule has 2 rings (SSSR count). The van der Waals surface area contributed by atoms with Gasteiger partial charge in [-0.1, -0.05) is 0 Å². The molecule has 1 aliphatic heterocycles. The van der Waals surface area contributed by atoms with Gasteiger partial charge in [0, 0.05) is 13.7 Å². The van der Waals surface area contributed by atoms with Crippen molar-refractivity contribution in [3.63, 3.8) is 0 Å². The highest BCUT2D eigenvalue weighted by Crippen LogP contribution is 2.19. The standard InChI is InChI=1S/C9H14N2O2S/c1-12-5-9-11-8(6-14-9)13-7-2-3-10-4-7/h6-7,10H,2-5H2,1H3. The molecule has 1 atom stereocenters. The lowest BCUT2D eigenvalue weighted by atomic mass is 10.3. The third kappa shape index (κ3) is 2.43. The number of methoxy groups -OCH3 is 1. The monoisotopic (exact) mass is 214 g/mol. The summed E-state index contributed by atoms with van der Waals surface area (Å²) in [6.45, 7) is 2.54. The third-order valence-electron chi connectivity index (χ3n) is 2.10. The Balaban J connectivity index is 1.88. The smallest absolute Gasteiger partial charge is 0.225 e. The van der Waals surface area contributed by atoms with E-state index in [4.69, 9.17) is 9.47 Å². The quantitative estimate of drug-likeness (QED) is 0.813. The van der Waals surface area contributed by atoms with Crippen molar-refractivity contribution in [3.8, 4) is 5.88 Å². The molecule has 1 aromatic heterocycles. The molecule has 78 valence electrons. The molecule has 1 aromatic rings. The van der Waals surface area contributed by atoms with Gasteiger partial charge in [-0.3, -0.25) is 0 Å². The minimum Gasteiger partial charge on any atom is -0.472 e. The molecule has 4 nitrogen and oxygen atoms in total. The van der Waals surface area contributed by atoms with E-state index in [0.717, 1.165) is 30.4 Å². The third-order valence-corrected chi connectivity index (χ3v) is 2.90. The fourth-order valence-electron chi connectivity index (χ4n) is 1.44. The van der Waals surface area contributed by atoms with E-state index in [2.05, 4.69) is 10.3 Å². The topological polar surface area (TPSA) is 43.4 Å². The van der Waals surface area contributed by atoms with Crippen LogP contribution in [-0.2, 0) is 11.3 Å². The molecule has 0 saturated carbocycles. The van der Waals surface area contributed by atoms with E-state index in [9.17, 15) is 0 Å². The fraction of sp³-hybridized carbons (Fsp3) is 0.667. The average molecular weight is 214 g/mol. The lowest BCUT2D eigenvalue weighted by molar-refractivity contribution is 0.181. The maximum atomic E-state index is 5.68. The van der Waals surface area contributed by atoms with Crippen LogP contribution in [0.5, 0.6) is 5.88 Å². The Morgan fingerprint density at radius 1 is 1.71 bits per heavy atom. The summed E-state index contributed by atoms with van der Waals surface area (Å²) in [7, 11) is 1.67. The highest BCUT2D eigenvalue weighted by molar-refractivity contribution is 7.09. The minimum atomic E-state index is 0.285. The molecule has 0 aliphatic carbocycles. The van der Waals surface area contributed by atoms with Gasteiger partial charge in [0.2, 0.25) is 5.88 Å². The molecule has 1 saturated heterocycles. The van der Waals surface area contributed by atoms with Crippen molar-refractivity contribution in [2.45, 2.75) is 19.1 Å². The van der Waals surface area contributed by atoms with Gasteiger partial charge in [0.05, 0.1) is 12.0 Å². The lowest BCUT2D eigenvalue weighted by Gasteiger charge is -2.08. The van der Waals surface area contributed by atoms with Gasteiger partial charge in [-0.05, 0) is 13.0 Å². The minimum absolute atomic E-state index is 0.285. The van der Waals surface area contributed by atoms with Crippen LogP contribution < -0.4 is 10.1 Å². The van der Waals surface area contributed by atoms with E-state index in [-0.39, 0.29) is 6.10 Å². The Hall–Kier alpha value is -0.650. The molecule has 1 aliphatic rings. The van der Waals surface area contributed by atoms with Crippen LogP contribution in [0.2, 0.25) is 0 Å². The van der Waals surface area contributed by atoms with E-state index < -0.39 is 0 Å². The molecule has 0 spiro atoms. The molecule has 0 amide bonds. The first-order chi connectivity index (χ1) is 6.88. The number of nitrogens with one attached hydrogen (secondary N) is 1. The largest absolute Gasteiger partial charge is 0.472 e. The maximum Gasteiger partial charge on any atom is 0.225 e. The zero-order valence-corrected chi connectivity index (χ0v) is 8.97. The molecule has 14 heavy (non-hydrogen) atoms. The van der Waals surface area contributed by atoms with E-state index in [1.807, 2.05) is 5.38 Å². The number of nitrogens with zero attached hydrogens (tertiary/aromatic N) is 1. The second-order valence-electron chi connectivity index (χ2n) is 3.25. The summed E-state index contributed by atoms with van der Waals surface area (Å²) in [6.07, 6.45) is 1.35. The summed E-state index contributed by atoms with van der Waals surface area (Å²) >= 11 is 1.58. The van der Waals surface area contributed by atoms with Gasteiger partial charge in [0.15, 0.2) is 0 Å². The summed E-state index contributed by atoms with van der Waals surface area (Å²) in [5.41, 5.74) is 0. The number of hydrogen-bond donors (Lipinski definition) is 1. The predicted octanol–water partition coefficient (Wildman–Crippen LogP) is 1.03. The second kappa shape index (κ2) is 4.72. The van der Waals surface area contributed by atoms with Crippen molar-refractivity contribution in [2.24, 2.45) is 0 Å². The van der Waals surface area contributed by atoms with Crippen LogP contribution >= 0.6 is 11.3 Å². The van der Waals surface area contributed by atoms with Crippen molar-refractivity contribution >= 4 is 11.3 Å². The summed E-state index contributed by atoms with van der Waals surface area (Å²) in [4.78, 5) is 4.31. The number of hydrogen-bond acceptors (Lipinski definition) is 5. The molecule has 2 heterocycles. The highest BCUT2D eigenvalue weighted by atomic mass is 32.1. The van der Waals surface area contributed by atoms with Gasteiger partial charge < -0.3 is 14.8 Å². The van der Waals surface area contributed by atoms with Crippen molar-refractivity contribution in [1.82, 2.24) is 10.3 Å². The molecule has 0 bridgehead atoms. The normalized spacial score (nSPS) is 21.4. The van der Waals surface area contributed by atoms with Crippen molar-refractivity contribution in [3.05, 3.63) is 10.4 Å². The molecule has 1 unspecified atom stereocenters. The fourth-order valence-corrected chi connectivity index (χ4v) is 2.11. The zero-order valence-electron chi connectivity index (χ0n) is 8.16. The summed E-state index contributed by atoms with van der Waals surface area (Å²) in [6, 6.07) is 0. The first-order valence-corrected chi connectivity index (χ1v) is 5.57. The van der Waals surface area contributed by atoms with Crippen LogP contribution in [0.25, 0.3) is 0 Å². The number of aromatic nitrogens is 1. The molecule has 0 radical (unpaired) electrons. The van der Waals surface area contributed by atoms with E-state index in [1.165, 1.54) is 0 Å². The van der Waals surface area contributed by atoms with Crippen LogP contribution in [0.4, 0.5) is 0 Å². The summed E-state index contributed by atoms with van der Waals surface area (Å²) in [5.74, 6) is 0.732. The molecular formula is C9H14N2O2S. The van der Waals surface area contributed by atoms with Gasteiger partial charge in [-0.2, -0.15) is 0 Å². The molecule has 1 N–H and O–H groups in total. The van der Waals surface area contributed by atoms with Gasteiger partial charge in [0.25, 0.3) is 0 Å². The van der Waals surface area contributed by atoms with Crippen LogP contribution in [0.1, 0.15) is 11.4 Å². The zero-order chi connectivity index (χ0) is 9.80. The molecular weight excluding hydrogens is 200 g/mol. The van der Waals surface area contributed by atoms with Gasteiger partial charge in [-0.15, -0.1) is 11.3 Å². The van der Waals surface area contributed by atoms with Crippen LogP contribution in [0.3, 0.4) is 0 Å². The van der Waals surface area contributed by atoms with E-state index >= 15 is 0 Å². The van der Waals surface area contributed by atoms with Crippen molar-refractivity contribution in [2.75, 3.05) is 20.2 Å². The maximum absolute atomic E-state index is 5.68. The summed E-state index contributed by atoms with van der Waals surface area (Å²) in [5, 5.41) is 6.15. The molecule has 0 aromatic carbocycles. The van der Waals surface area contributed by atoms with Crippen molar-refractivity contribution < 1.29 is 9.47 Å². The molecule has 1 fully saturated rings. The van der Waals surface area contributed by atoms with Crippen LogP contribution in [0, 0.1) is 0 Å². The van der Waals surface area contributed by atoms with Crippen LogP contribution in [-0.4, -0.2) is 31.3 Å². The Labute approximate surface area is 87.3 Å². The lowest BCUT2D eigenvalue weighted by Crippen LogP contribution is -2.19. The van der Waals surface area contributed by atoms with Gasteiger partial charge >= 0.3 is 0 Å². The number of ether oxygens (including phenoxy) is 2. The Kier molecular flexibility index (Phi) is 3.34. The predicted molar refractivity (Wildman–Crippen MR) is 54.7 cm³/mol. The van der Waals surface area contributed by atoms with Gasteiger partial charge in [-0.25, -0.2) is 4.98 Å². The Morgan fingerprint density at radius 2 is 2.64 bits per heavy atom. The number of rotatable bonds is 4. The summed E-state index contributed by atoms with van der Waals surface area (Å²) < 4.78 is 10.7. The second-order valence-corrected chi connectivity index (χ2v) is 4.19. The molecule has 5 heteroatoms. The Morgan fingerprint density at radius 3 is 3.36 bits per heavy atom. The van der Waals surface area contributed by atoms with E-state index in [1.54, 1.807) is 18.4 Å². The van der Waals surface area contributed by atoms with Crippen molar-refractivity contribution in [1.29, 1.82) is 0 Å².